The van der Waals surface area contributed by atoms with E-state index in [2.05, 4.69) is 5.32 Å². The first-order chi connectivity index (χ1) is 12.9. The van der Waals surface area contributed by atoms with Crippen molar-refractivity contribution in [2.45, 2.75) is 25.9 Å². The Morgan fingerprint density at radius 1 is 1.33 bits per heavy atom. The van der Waals surface area contributed by atoms with Gasteiger partial charge in [0.15, 0.2) is 6.10 Å². The van der Waals surface area contributed by atoms with E-state index < -0.39 is 6.10 Å². The molecule has 0 bridgehead atoms. The first-order valence-corrected chi connectivity index (χ1v) is 9.00. The van der Waals surface area contributed by atoms with Crippen LogP contribution in [0.5, 0.6) is 5.75 Å². The maximum absolute atomic E-state index is 12.4. The number of likely N-dealkylation sites (N-methyl/N-ethyl adjacent to an activating group) is 1. The Hall–Kier alpha value is -2.61. The number of carbonyl (C=O) groups is 3. The molecular formula is C19H27N3O5. The Bertz CT molecular complexity index is 679. The lowest BCUT2D eigenvalue weighted by atomic mass is 10.1. The van der Waals surface area contributed by atoms with Crippen molar-refractivity contribution in [2.75, 3.05) is 45.3 Å². The molecule has 3 amide bonds. The zero-order valence-corrected chi connectivity index (χ0v) is 16.1. The molecule has 0 aromatic heterocycles. The van der Waals surface area contributed by atoms with Crippen LogP contribution in [0.4, 0.5) is 5.69 Å². The number of ether oxygens (including phenoxy) is 2. The number of hydrogen-bond donors (Lipinski definition) is 1. The van der Waals surface area contributed by atoms with Gasteiger partial charge in [0.05, 0.1) is 12.2 Å². The molecule has 8 heteroatoms. The SMILES string of the molecule is COCCCNC(=O)CN(C)C(=O)CCN1C(=O)C(C)Oc2ccccc21. The number of fused-ring (bicyclic) bond motifs is 1. The number of benzene rings is 1. The van der Waals surface area contributed by atoms with Gasteiger partial charge in [-0.25, -0.2) is 0 Å². The van der Waals surface area contributed by atoms with Crippen LogP contribution in [0, 0.1) is 0 Å². The van der Waals surface area contributed by atoms with Gasteiger partial charge in [-0.1, -0.05) is 12.1 Å². The fourth-order valence-corrected chi connectivity index (χ4v) is 2.79. The lowest BCUT2D eigenvalue weighted by molar-refractivity contribution is -0.134. The van der Waals surface area contributed by atoms with Gasteiger partial charge in [0.2, 0.25) is 11.8 Å². The molecule has 1 N–H and O–H groups in total. The highest BCUT2D eigenvalue weighted by Crippen LogP contribution is 2.33. The third kappa shape index (κ3) is 5.68. The molecule has 0 radical (unpaired) electrons. The van der Waals surface area contributed by atoms with Crippen molar-refractivity contribution in [3.05, 3.63) is 24.3 Å². The average molecular weight is 377 g/mol. The lowest BCUT2D eigenvalue weighted by Crippen LogP contribution is -2.46. The van der Waals surface area contributed by atoms with Gasteiger partial charge in [0, 0.05) is 40.3 Å². The standard InChI is InChI=1S/C19H27N3O5/c1-14-19(25)22(15-7-4-5-8-16(15)27-14)11-9-18(24)21(2)13-17(23)20-10-6-12-26-3/h4-5,7-8,14H,6,9-13H2,1-3H3,(H,20,23). The minimum atomic E-state index is -0.592. The van der Waals surface area contributed by atoms with Crippen LogP contribution >= 0.6 is 0 Å². The van der Waals surface area contributed by atoms with Crippen molar-refractivity contribution in [3.63, 3.8) is 0 Å². The molecule has 0 saturated heterocycles. The van der Waals surface area contributed by atoms with E-state index in [1.165, 1.54) is 4.90 Å². The molecule has 1 aromatic carbocycles. The van der Waals surface area contributed by atoms with Gasteiger partial charge >= 0.3 is 0 Å². The molecule has 1 heterocycles. The van der Waals surface area contributed by atoms with E-state index in [0.29, 0.717) is 24.6 Å². The summed E-state index contributed by atoms with van der Waals surface area (Å²) < 4.78 is 10.5. The third-order valence-electron chi connectivity index (χ3n) is 4.28. The van der Waals surface area contributed by atoms with Crippen molar-refractivity contribution in [2.24, 2.45) is 0 Å². The number of anilines is 1. The van der Waals surface area contributed by atoms with Crippen molar-refractivity contribution in [1.29, 1.82) is 0 Å². The number of nitrogens with one attached hydrogen (secondary N) is 1. The van der Waals surface area contributed by atoms with Crippen molar-refractivity contribution in [3.8, 4) is 5.75 Å². The summed E-state index contributed by atoms with van der Waals surface area (Å²) >= 11 is 0. The molecule has 27 heavy (non-hydrogen) atoms. The molecule has 2 rings (SSSR count). The molecule has 1 aliphatic heterocycles. The minimum Gasteiger partial charge on any atom is -0.479 e. The molecule has 1 unspecified atom stereocenters. The molecule has 1 atom stereocenters. The normalized spacial score (nSPS) is 15.7. The predicted octanol–water partition coefficient (Wildman–Crippen LogP) is 0.802. The van der Waals surface area contributed by atoms with E-state index in [1.54, 1.807) is 38.1 Å². The lowest BCUT2D eigenvalue weighted by Gasteiger charge is -2.33. The number of rotatable bonds is 9. The van der Waals surface area contributed by atoms with E-state index in [4.69, 9.17) is 9.47 Å². The number of hydrogen-bond acceptors (Lipinski definition) is 5. The minimum absolute atomic E-state index is 0.0180. The molecule has 0 fully saturated rings. The Labute approximate surface area is 159 Å². The van der Waals surface area contributed by atoms with Crippen molar-refractivity contribution in [1.82, 2.24) is 10.2 Å². The van der Waals surface area contributed by atoms with E-state index in [-0.39, 0.29) is 37.2 Å². The van der Waals surface area contributed by atoms with Gasteiger partial charge in [-0.3, -0.25) is 14.4 Å². The first-order valence-electron chi connectivity index (χ1n) is 9.00. The number of para-hydroxylation sites is 2. The quantitative estimate of drug-likeness (QED) is 0.643. The Morgan fingerprint density at radius 2 is 2.07 bits per heavy atom. The summed E-state index contributed by atoms with van der Waals surface area (Å²) in [5.74, 6) is 0.0238. The summed E-state index contributed by atoms with van der Waals surface area (Å²) in [7, 11) is 3.18. The fraction of sp³-hybridized carbons (Fsp3) is 0.526. The van der Waals surface area contributed by atoms with Crippen LogP contribution in [-0.2, 0) is 19.1 Å². The van der Waals surface area contributed by atoms with E-state index in [0.717, 1.165) is 6.42 Å². The van der Waals surface area contributed by atoms with Gasteiger partial charge in [-0.15, -0.1) is 0 Å². The third-order valence-corrected chi connectivity index (χ3v) is 4.28. The van der Waals surface area contributed by atoms with Crippen LogP contribution in [-0.4, -0.2) is 69.1 Å². The largest absolute Gasteiger partial charge is 0.479 e. The Balaban J connectivity index is 1.85. The Kier molecular flexibility index (Phi) is 7.60. The zero-order chi connectivity index (χ0) is 19.8. The average Bonchev–Trinajstić information content (AvgIpc) is 2.65. The summed E-state index contributed by atoms with van der Waals surface area (Å²) in [4.78, 5) is 39.6. The highest BCUT2D eigenvalue weighted by atomic mass is 16.5. The number of amides is 3. The molecule has 1 aromatic rings. The highest BCUT2D eigenvalue weighted by molar-refractivity contribution is 6.00. The van der Waals surface area contributed by atoms with Crippen LogP contribution < -0.4 is 15.0 Å². The molecule has 0 aliphatic carbocycles. The summed E-state index contributed by atoms with van der Waals surface area (Å²) in [5, 5.41) is 2.74. The molecule has 8 nitrogen and oxygen atoms in total. The van der Waals surface area contributed by atoms with Gasteiger partial charge in [-0.2, -0.15) is 0 Å². The van der Waals surface area contributed by atoms with Crippen LogP contribution in [0.25, 0.3) is 0 Å². The molecule has 0 spiro atoms. The van der Waals surface area contributed by atoms with Crippen LogP contribution in [0.3, 0.4) is 0 Å². The predicted molar refractivity (Wildman–Crippen MR) is 101 cm³/mol. The zero-order valence-electron chi connectivity index (χ0n) is 16.1. The summed E-state index contributed by atoms with van der Waals surface area (Å²) in [5.41, 5.74) is 0.659. The highest BCUT2D eigenvalue weighted by Gasteiger charge is 2.31. The maximum Gasteiger partial charge on any atom is 0.267 e. The number of carbonyl (C=O) groups excluding carboxylic acids is 3. The topological polar surface area (TPSA) is 88.2 Å². The van der Waals surface area contributed by atoms with Crippen LogP contribution in [0.15, 0.2) is 24.3 Å². The van der Waals surface area contributed by atoms with E-state index in [1.807, 2.05) is 12.1 Å². The first kappa shape index (κ1) is 20.7. The molecule has 148 valence electrons. The summed E-state index contributed by atoms with van der Waals surface area (Å²) in [6, 6.07) is 7.25. The van der Waals surface area contributed by atoms with Crippen LogP contribution in [0.2, 0.25) is 0 Å². The number of nitrogens with zero attached hydrogens (tertiary/aromatic N) is 2. The monoisotopic (exact) mass is 377 g/mol. The molecular weight excluding hydrogens is 350 g/mol. The maximum atomic E-state index is 12.4. The van der Waals surface area contributed by atoms with Crippen molar-refractivity contribution >= 4 is 23.4 Å². The number of methoxy groups -OCH3 is 1. The van der Waals surface area contributed by atoms with E-state index in [9.17, 15) is 14.4 Å². The fourth-order valence-electron chi connectivity index (χ4n) is 2.79. The Morgan fingerprint density at radius 3 is 2.81 bits per heavy atom. The second-order valence-electron chi connectivity index (χ2n) is 6.41. The van der Waals surface area contributed by atoms with Gasteiger partial charge < -0.3 is 24.6 Å². The second kappa shape index (κ2) is 9.91. The molecule has 0 saturated carbocycles. The second-order valence-corrected chi connectivity index (χ2v) is 6.41. The smallest absolute Gasteiger partial charge is 0.267 e. The van der Waals surface area contributed by atoms with Crippen LogP contribution in [0.1, 0.15) is 19.8 Å². The van der Waals surface area contributed by atoms with Gasteiger partial charge in [0.25, 0.3) is 5.91 Å². The molecule has 1 aliphatic rings. The van der Waals surface area contributed by atoms with E-state index >= 15 is 0 Å². The van der Waals surface area contributed by atoms with Gasteiger partial charge in [-0.05, 0) is 25.5 Å². The summed E-state index contributed by atoms with van der Waals surface area (Å²) in [6.07, 6.45) is 0.252. The summed E-state index contributed by atoms with van der Waals surface area (Å²) in [6.45, 7) is 2.99. The van der Waals surface area contributed by atoms with Gasteiger partial charge in [0.1, 0.15) is 5.75 Å². The van der Waals surface area contributed by atoms with Crippen molar-refractivity contribution < 1.29 is 23.9 Å².